The Hall–Kier alpha value is -1.99. The number of carbonyl (C=O) groups is 1. The minimum absolute atomic E-state index is 0.0810. The summed E-state index contributed by atoms with van der Waals surface area (Å²) in [5, 5.41) is 2.98. The molecule has 27 heavy (non-hydrogen) atoms. The number of hydrogen-bond donors (Lipinski definition) is 1. The summed E-state index contributed by atoms with van der Waals surface area (Å²) in [6.07, 6.45) is 6.84. The number of nitrogens with zero attached hydrogens (tertiary/aromatic N) is 3. The maximum absolute atomic E-state index is 12.7. The molecule has 0 spiro atoms. The first-order valence-corrected chi connectivity index (χ1v) is 10.6. The number of thiazole rings is 1. The number of anilines is 2. The molecule has 1 N–H and O–H groups in total. The molecule has 2 fully saturated rings. The summed E-state index contributed by atoms with van der Waals surface area (Å²) in [6, 6.07) is 3.88. The zero-order chi connectivity index (χ0) is 18.8. The molecule has 4 rings (SSSR count). The van der Waals surface area contributed by atoms with Crippen LogP contribution in [0.15, 0.2) is 23.8 Å². The summed E-state index contributed by atoms with van der Waals surface area (Å²) in [7, 11) is 0. The van der Waals surface area contributed by atoms with E-state index in [0.29, 0.717) is 11.6 Å². The van der Waals surface area contributed by atoms with Gasteiger partial charge in [0.15, 0.2) is 0 Å². The number of aromatic nitrogens is 2. The van der Waals surface area contributed by atoms with Crippen LogP contribution in [-0.4, -0.2) is 41.2 Å². The molecule has 1 aliphatic carbocycles. The first-order chi connectivity index (χ1) is 13.1. The Morgan fingerprint density at radius 3 is 2.59 bits per heavy atom. The standard InChI is InChI=1S/C20H26N4O2S/c1-13-10-24(11-14(2)26-13)17-8-7-16(9-21-17)23-20(25)19-18(22-12-27-19)15-5-3-4-6-15/h7-9,12-15H,3-6,10-11H2,1-2H3,(H,23,25). The number of carbonyl (C=O) groups excluding carboxylic acids is 1. The summed E-state index contributed by atoms with van der Waals surface area (Å²) in [5.74, 6) is 1.27. The van der Waals surface area contributed by atoms with E-state index in [2.05, 4.69) is 34.0 Å². The highest BCUT2D eigenvalue weighted by atomic mass is 32.1. The molecule has 6 nitrogen and oxygen atoms in total. The Balaban J connectivity index is 1.43. The summed E-state index contributed by atoms with van der Waals surface area (Å²) in [5.41, 5.74) is 3.46. The fourth-order valence-electron chi connectivity index (χ4n) is 4.11. The van der Waals surface area contributed by atoms with Crippen molar-refractivity contribution in [1.29, 1.82) is 0 Å². The van der Waals surface area contributed by atoms with Crippen LogP contribution < -0.4 is 10.2 Å². The van der Waals surface area contributed by atoms with Crippen molar-refractivity contribution in [1.82, 2.24) is 9.97 Å². The second-order valence-electron chi connectivity index (χ2n) is 7.57. The zero-order valence-corrected chi connectivity index (χ0v) is 16.7. The van der Waals surface area contributed by atoms with Gasteiger partial charge in [-0.2, -0.15) is 0 Å². The molecule has 2 aromatic heterocycles. The molecular weight excluding hydrogens is 360 g/mol. The Bertz CT molecular complexity index is 776. The minimum Gasteiger partial charge on any atom is -0.372 e. The number of nitrogens with one attached hydrogen (secondary N) is 1. The van der Waals surface area contributed by atoms with Gasteiger partial charge in [-0.05, 0) is 38.8 Å². The number of rotatable bonds is 4. The van der Waals surface area contributed by atoms with Gasteiger partial charge in [0.1, 0.15) is 10.7 Å². The predicted molar refractivity (Wildman–Crippen MR) is 108 cm³/mol. The topological polar surface area (TPSA) is 67.4 Å². The first-order valence-electron chi connectivity index (χ1n) is 9.71. The molecule has 1 saturated heterocycles. The van der Waals surface area contributed by atoms with Gasteiger partial charge in [-0.25, -0.2) is 9.97 Å². The molecule has 1 amide bonds. The molecule has 0 aromatic carbocycles. The first kappa shape index (κ1) is 18.4. The molecule has 3 heterocycles. The summed E-state index contributed by atoms with van der Waals surface area (Å²) < 4.78 is 5.78. The van der Waals surface area contributed by atoms with Gasteiger partial charge in [-0.15, -0.1) is 11.3 Å². The highest BCUT2D eigenvalue weighted by Gasteiger charge is 2.26. The molecule has 0 bridgehead atoms. The van der Waals surface area contributed by atoms with E-state index >= 15 is 0 Å². The van der Waals surface area contributed by atoms with E-state index in [4.69, 9.17) is 4.74 Å². The lowest BCUT2D eigenvalue weighted by Crippen LogP contribution is -2.45. The van der Waals surface area contributed by atoms with Crippen molar-refractivity contribution in [2.45, 2.75) is 57.7 Å². The number of pyridine rings is 1. The maximum atomic E-state index is 12.7. The van der Waals surface area contributed by atoms with E-state index in [1.165, 1.54) is 24.2 Å². The van der Waals surface area contributed by atoms with E-state index < -0.39 is 0 Å². The Labute approximate surface area is 164 Å². The third-order valence-corrected chi connectivity index (χ3v) is 6.13. The van der Waals surface area contributed by atoms with Crippen LogP contribution in [0.25, 0.3) is 0 Å². The maximum Gasteiger partial charge on any atom is 0.267 e. The molecule has 144 valence electrons. The Kier molecular flexibility index (Phi) is 5.41. The van der Waals surface area contributed by atoms with Gasteiger partial charge in [0.05, 0.1) is 35.3 Å². The number of ether oxygens (including phenoxy) is 1. The van der Waals surface area contributed by atoms with Crippen molar-refractivity contribution >= 4 is 28.7 Å². The van der Waals surface area contributed by atoms with Gasteiger partial charge >= 0.3 is 0 Å². The van der Waals surface area contributed by atoms with Crippen molar-refractivity contribution in [2.24, 2.45) is 0 Å². The Morgan fingerprint density at radius 2 is 1.93 bits per heavy atom. The zero-order valence-electron chi connectivity index (χ0n) is 15.9. The van der Waals surface area contributed by atoms with Crippen LogP contribution >= 0.6 is 11.3 Å². The lowest BCUT2D eigenvalue weighted by molar-refractivity contribution is -0.00545. The average molecular weight is 387 g/mol. The fourth-order valence-corrected chi connectivity index (χ4v) is 4.88. The van der Waals surface area contributed by atoms with Crippen LogP contribution in [0.4, 0.5) is 11.5 Å². The second kappa shape index (κ2) is 7.94. The third-order valence-electron chi connectivity index (χ3n) is 5.29. The predicted octanol–water partition coefficient (Wildman–Crippen LogP) is 4.06. The SMILES string of the molecule is CC1CN(c2ccc(NC(=O)c3scnc3C3CCCC3)cn2)CC(C)O1. The van der Waals surface area contributed by atoms with Gasteiger partial charge < -0.3 is 15.0 Å². The molecule has 2 aromatic rings. The van der Waals surface area contributed by atoms with Gasteiger partial charge in [0.25, 0.3) is 5.91 Å². The van der Waals surface area contributed by atoms with Gasteiger partial charge in [-0.3, -0.25) is 4.79 Å². The molecule has 7 heteroatoms. The van der Waals surface area contributed by atoms with E-state index in [1.54, 1.807) is 11.7 Å². The van der Waals surface area contributed by atoms with Gasteiger partial charge in [-0.1, -0.05) is 12.8 Å². The number of hydrogen-bond acceptors (Lipinski definition) is 6. The average Bonchev–Trinajstić information content (AvgIpc) is 3.33. The lowest BCUT2D eigenvalue weighted by Gasteiger charge is -2.36. The van der Waals surface area contributed by atoms with Crippen molar-refractivity contribution in [3.05, 3.63) is 34.4 Å². The van der Waals surface area contributed by atoms with Crippen LogP contribution in [-0.2, 0) is 4.74 Å². The number of morpholine rings is 1. The Morgan fingerprint density at radius 1 is 1.19 bits per heavy atom. The summed E-state index contributed by atoms with van der Waals surface area (Å²) >= 11 is 1.42. The molecule has 2 aliphatic rings. The monoisotopic (exact) mass is 386 g/mol. The van der Waals surface area contributed by atoms with Gasteiger partial charge in [0.2, 0.25) is 0 Å². The van der Waals surface area contributed by atoms with Crippen molar-refractivity contribution in [3.8, 4) is 0 Å². The van der Waals surface area contributed by atoms with Crippen molar-refractivity contribution in [3.63, 3.8) is 0 Å². The molecule has 1 aliphatic heterocycles. The third kappa shape index (κ3) is 4.14. The van der Waals surface area contributed by atoms with Crippen LogP contribution in [0.1, 0.15) is 60.8 Å². The molecule has 0 radical (unpaired) electrons. The van der Waals surface area contributed by atoms with E-state index in [-0.39, 0.29) is 18.1 Å². The van der Waals surface area contributed by atoms with Crippen molar-refractivity contribution < 1.29 is 9.53 Å². The van der Waals surface area contributed by atoms with E-state index in [1.807, 2.05) is 12.1 Å². The van der Waals surface area contributed by atoms with E-state index in [0.717, 1.165) is 42.3 Å². The van der Waals surface area contributed by atoms with Gasteiger partial charge in [0, 0.05) is 19.0 Å². The molecule has 2 unspecified atom stereocenters. The minimum atomic E-state index is -0.0810. The highest BCUT2D eigenvalue weighted by molar-refractivity contribution is 7.12. The normalized spacial score (nSPS) is 23.6. The van der Waals surface area contributed by atoms with Crippen LogP contribution in [0.3, 0.4) is 0 Å². The second-order valence-corrected chi connectivity index (χ2v) is 8.42. The van der Waals surface area contributed by atoms with Crippen LogP contribution in [0, 0.1) is 0 Å². The molecule has 2 atom stereocenters. The highest BCUT2D eigenvalue weighted by Crippen LogP contribution is 2.36. The van der Waals surface area contributed by atoms with Crippen LogP contribution in [0.2, 0.25) is 0 Å². The quantitative estimate of drug-likeness (QED) is 0.858. The summed E-state index contributed by atoms with van der Waals surface area (Å²) in [4.78, 5) is 24.7. The fraction of sp³-hybridized carbons (Fsp3) is 0.550. The largest absolute Gasteiger partial charge is 0.372 e. The van der Waals surface area contributed by atoms with E-state index in [9.17, 15) is 4.79 Å². The smallest absolute Gasteiger partial charge is 0.267 e. The number of amides is 1. The lowest BCUT2D eigenvalue weighted by atomic mass is 10.0. The van der Waals surface area contributed by atoms with Crippen molar-refractivity contribution in [2.75, 3.05) is 23.3 Å². The molecule has 1 saturated carbocycles. The summed E-state index contributed by atoms with van der Waals surface area (Å²) in [6.45, 7) is 5.81. The van der Waals surface area contributed by atoms with Crippen LogP contribution in [0.5, 0.6) is 0 Å². The molecular formula is C20H26N4O2S.